The molecule has 0 saturated carbocycles. The summed E-state index contributed by atoms with van der Waals surface area (Å²) < 4.78 is 0. The van der Waals surface area contributed by atoms with E-state index in [4.69, 9.17) is 10.4 Å². The molecule has 0 saturated heterocycles. The Labute approximate surface area is 103 Å². The molecule has 17 heavy (non-hydrogen) atoms. The highest BCUT2D eigenvalue weighted by atomic mass is 16.3. The van der Waals surface area contributed by atoms with E-state index < -0.39 is 0 Å². The highest BCUT2D eigenvalue weighted by molar-refractivity contribution is 5.61. The second-order valence-corrected chi connectivity index (χ2v) is 4.85. The van der Waals surface area contributed by atoms with Gasteiger partial charge >= 0.3 is 0 Å². The van der Waals surface area contributed by atoms with Gasteiger partial charge < -0.3 is 10.0 Å². The first kappa shape index (κ1) is 13.5. The Morgan fingerprint density at radius 2 is 2.06 bits per heavy atom. The molecule has 0 radical (unpaired) electrons. The van der Waals surface area contributed by atoms with E-state index in [1.54, 1.807) is 6.07 Å². The molecular formula is C14H20N2O. The van der Waals surface area contributed by atoms with Crippen molar-refractivity contribution in [1.82, 2.24) is 0 Å². The predicted octanol–water partition coefficient (Wildman–Crippen LogP) is 2.68. The number of hydrogen-bond acceptors (Lipinski definition) is 3. The summed E-state index contributed by atoms with van der Waals surface area (Å²) in [7, 11) is 2.00. The Morgan fingerprint density at radius 1 is 1.41 bits per heavy atom. The summed E-state index contributed by atoms with van der Waals surface area (Å²) in [5, 5.41) is 18.2. The third kappa shape index (κ3) is 2.78. The zero-order chi connectivity index (χ0) is 13.1. The zero-order valence-corrected chi connectivity index (χ0v) is 11.0. The van der Waals surface area contributed by atoms with Crippen molar-refractivity contribution >= 4 is 5.69 Å². The van der Waals surface area contributed by atoms with Gasteiger partial charge in [-0.1, -0.05) is 13.0 Å². The average molecular weight is 232 g/mol. The molecule has 0 aromatic heterocycles. The fourth-order valence-corrected chi connectivity index (χ4v) is 1.63. The van der Waals surface area contributed by atoms with Crippen molar-refractivity contribution in [1.29, 1.82) is 5.26 Å². The Kier molecular flexibility index (Phi) is 4.14. The minimum atomic E-state index is -0.0319. The highest BCUT2D eigenvalue weighted by Crippen LogP contribution is 2.28. The second kappa shape index (κ2) is 5.20. The van der Waals surface area contributed by atoms with Gasteiger partial charge in [0.15, 0.2) is 0 Å². The third-order valence-electron chi connectivity index (χ3n) is 3.50. The summed E-state index contributed by atoms with van der Waals surface area (Å²) in [6.07, 6.45) is 0.996. The fraction of sp³-hybridized carbons (Fsp3) is 0.500. The number of benzene rings is 1. The lowest BCUT2D eigenvalue weighted by Gasteiger charge is -2.37. The second-order valence-electron chi connectivity index (χ2n) is 4.85. The van der Waals surface area contributed by atoms with Gasteiger partial charge in [0.25, 0.3) is 0 Å². The molecule has 0 aliphatic heterocycles. The molecule has 0 atom stereocenters. The molecule has 1 N–H and O–H groups in total. The molecule has 1 rings (SSSR count). The standard InChI is InChI=1S/C14H20N2O/c1-5-14(2,3)16(4)13-7-6-11(10-17)8-12(13)9-15/h6-8,17H,5,10H2,1-4H3. The van der Waals surface area contributed by atoms with Gasteiger partial charge in [-0.05, 0) is 38.0 Å². The first-order valence-corrected chi connectivity index (χ1v) is 5.84. The van der Waals surface area contributed by atoms with E-state index in [1.807, 2.05) is 19.2 Å². The maximum atomic E-state index is 9.17. The van der Waals surface area contributed by atoms with Gasteiger partial charge in [-0.15, -0.1) is 0 Å². The predicted molar refractivity (Wildman–Crippen MR) is 69.9 cm³/mol. The molecule has 0 aliphatic rings. The summed E-state index contributed by atoms with van der Waals surface area (Å²) >= 11 is 0. The molecule has 92 valence electrons. The van der Waals surface area contributed by atoms with Crippen molar-refractivity contribution < 1.29 is 5.11 Å². The first-order chi connectivity index (χ1) is 7.96. The summed E-state index contributed by atoms with van der Waals surface area (Å²) in [5.41, 5.74) is 2.30. The molecule has 0 spiro atoms. The minimum absolute atomic E-state index is 0.00628. The largest absolute Gasteiger partial charge is 0.392 e. The van der Waals surface area contributed by atoms with Crippen molar-refractivity contribution in [2.45, 2.75) is 39.3 Å². The van der Waals surface area contributed by atoms with Crippen molar-refractivity contribution in [2.75, 3.05) is 11.9 Å². The molecule has 3 nitrogen and oxygen atoms in total. The zero-order valence-electron chi connectivity index (χ0n) is 11.0. The van der Waals surface area contributed by atoms with Crippen LogP contribution in [0, 0.1) is 11.3 Å². The number of aliphatic hydroxyl groups is 1. The van der Waals surface area contributed by atoms with Crippen LogP contribution in [-0.4, -0.2) is 17.7 Å². The molecule has 3 heteroatoms. The smallest absolute Gasteiger partial charge is 0.101 e. The molecule has 0 fully saturated rings. The highest BCUT2D eigenvalue weighted by Gasteiger charge is 2.23. The Bertz CT molecular complexity index is 432. The van der Waals surface area contributed by atoms with Crippen LogP contribution < -0.4 is 4.90 Å². The van der Waals surface area contributed by atoms with E-state index in [0.29, 0.717) is 5.56 Å². The van der Waals surface area contributed by atoms with Crippen LogP contribution in [0.5, 0.6) is 0 Å². The minimum Gasteiger partial charge on any atom is -0.392 e. The van der Waals surface area contributed by atoms with E-state index in [-0.39, 0.29) is 12.1 Å². The van der Waals surface area contributed by atoms with Crippen LogP contribution in [0.25, 0.3) is 0 Å². The molecule has 0 unspecified atom stereocenters. The van der Waals surface area contributed by atoms with Crippen LogP contribution in [0.2, 0.25) is 0 Å². The van der Waals surface area contributed by atoms with Gasteiger partial charge in [-0.3, -0.25) is 0 Å². The van der Waals surface area contributed by atoms with Crippen LogP contribution in [0.4, 0.5) is 5.69 Å². The fourth-order valence-electron chi connectivity index (χ4n) is 1.63. The monoisotopic (exact) mass is 232 g/mol. The van der Waals surface area contributed by atoms with Crippen molar-refractivity contribution in [3.63, 3.8) is 0 Å². The van der Waals surface area contributed by atoms with Gasteiger partial charge in [0.05, 0.1) is 17.9 Å². The van der Waals surface area contributed by atoms with Crippen molar-refractivity contribution in [2.24, 2.45) is 0 Å². The maximum absolute atomic E-state index is 9.17. The van der Waals surface area contributed by atoms with Crippen LogP contribution >= 0.6 is 0 Å². The van der Waals surface area contributed by atoms with E-state index in [0.717, 1.165) is 17.7 Å². The lowest BCUT2D eigenvalue weighted by atomic mass is 9.97. The van der Waals surface area contributed by atoms with E-state index in [1.165, 1.54) is 0 Å². The third-order valence-corrected chi connectivity index (χ3v) is 3.50. The van der Waals surface area contributed by atoms with Gasteiger partial charge in [0.1, 0.15) is 6.07 Å². The van der Waals surface area contributed by atoms with Crippen molar-refractivity contribution in [3.05, 3.63) is 29.3 Å². The lowest BCUT2D eigenvalue weighted by Crippen LogP contribution is -2.40. The van der Waals surface area contributed by atoms with Gasteiger partial charge in [-0.2, -0.15) is 5.26 Å². The average Bonchev–Trinajstić information content (AvgIpc) is 2.36. The quantitative estimate of drug-likeness (QED) is 0.868. The van der Waals surface area contributed by atoms with E-state index in [2.05, 4.69) is 31.7 Å². The summed E-state index contributed by atoms with van der Waals surface area (Å²) in [6, 6.07) is 7.71. The van der Waals surface area contributed by atoms with Crippen LogP contribution in [0.3, 0.4) is 0 Å². The molecule has 0 heterocycles. The SMILES string of the molecule is CCC(C)(C)N(C)c1ccc(CO)cc1C#N. The Morgan fingerprint density at radius 3 is 2.53 bits per heavy atom. The number of nitrogens with zero attached hydrogens (tertiary/aromatic N) is 2. The molecule has 0 aliphatic carbocycles. The van der Waals surface area contributed by atoms with Gasteiger partial charge in [0.2, 0.25) is 0 Å². The van der Waals surface area contributed by atoms with Gasteiger partial charge in [0, 0.05) is 12.6 Å². The number of nitriles is 1. The topological polar surface area (TPSA) is 47.3 Å². The number of rotatable bonds is 4. The molecule has 0 bridgehead atoms. The molecular weight excluding hydrogens is 212 g/mol. The first-order valence-electron chi connectivity index (χ1n) is 5.84. The number of anilines is 1. The van der Waals surface area contributed by atoms with Crippen LogP contribution in [0.15, 0.2) is 18.2 Å². The van der Waals surface area contributed by atoms with E-state index in [9.17, 15) is 0 Å². The summed E-state index contributed by atoms with van der Waals surface area (Å²) in [4.78, 5) is 2.12. The summed E-state index contributed by atoms with van der Waals surface area (Å²) in [5.74, 6) is 0. The normalized spacial score (nSPS) is 11.1. The molecule has 1 aromatic rings. The van der Waals surface area contributed by atoms with Crippen LogP contribution in [0.1, 0.15) is 38.3 Å². The number of aliphatic hydroxyl groups excluding tert-OH is 1. The van der Waals surface area contributed by atoms with Crippen molar-refractivity contribution in [3.8, 4) is 6.07 Å². The summed E-state index contributed by atoms with van der Waals surface area (Å²) in [6.45, 7) is 6.39. The Balaban J connectivity index is 3.19. The number of hydrogen-bond donors (Lipinski definition) is 1. The molecule has 0 amide bonds. The lowest BCUT2D eigenvalue weighted by molar-refractivity contribution is 0.282. The van der Waals surface area contributed by atoms with Crippen LogP contribution in [-0.2, 0) is 6.61 Å². The van der Waals surface area contributed by atoms with E-state index >= 15 is 0 Å². The van der Waals surface area contributed by atoms with Gasteiger partial charge in [-0.25, -0.2) is 0 Å². The maximum Gasteiger partial charge on any atom is 0.101 e. The Hall–Kier alpha value is -1.53. The molecule has 1 aromatic carbocycles.